The Hall–Kier alpha value is -3.84. The van der Waals surface area contributed by atoms with Gasteiger partial charge in [0.2, 0.25) is 0 Å². The van der Waals surface area contributed by atoms with Gasteiger partial charge in [0.15, 0.2) is 0 Å². The third kappa shape index (κ3) is 5.15. The summed E-state index contributed by atoms with van der Waals surface area (Å²) in [5, 5.41) is 7.83. The lowest BCUT2D eigenvalue weighted by molar-refractivity contribution is 0.101. The SMILES string of the molecule is COc1ccc(NC(=O)c2ccc(NC(=O)c3cc(C)n(Cc4cccs4)c3C)cc2)cc1. The predicted molar refractivity (Wildman–Crippen MR) is 133 cm³/mol. The number of amides is 2. The standard InChI is InChI=1S/C26H25N3O3S/c1-17-15-24(18(2)29(17)16-23-5-4-14-33-23)26(31)28-20-8-6-19(7-9-20)25(30)27-21-10-12-22(32-3)13-11-21/h4-15H,16H2,1-3H3,(H,27,30)(H,28,31). The molecule has 0 radical (unpaired) electrons. The number of thiophene rings is 1. The smallest absolute Gasteiger partial charge is 0.257 e. The molecule has 0 aliphatic heterocycles. The average Bonchev–Trinajstić information content (AvgIpc) is 3.44. The van der Waals surface area contributed by atoms with Crippen LogP contribution in [0.2, 0.25) is 0 Å². The minimum atomic E-state index is -0.227. The third-order valence-electron chi connectivity index (χ3n) is 5.47. The van der Waals surface area contributed by atoms with Crippen LogP contribution in [0.4, 0.5) is 11.4 Å². The Bertz CT molecular complexity index is 1260. The van der Waals surface area contributed by atoms with Crippen molar-refractivity contribution in [2.75, 3.05) is 17.7 Å². The molecular weight excluding hydrogens is 434 g/mol. The Morgan fingerprint density at radius 2 is 1.55 bits per heavy atom. The molecule has 7 heteroatoms. The van der Waals surface area contributed by atoms with Crippen LogP contribution in [0, 0.1) is 13.8 Å². The van der Waals surface area contributed by atoms with Crippen molar-refractivity contribution >= 4 is 34.5 Å². The number of carbonyl (C=O) groups is 2. The fourth-order valence-electron chi connectivity index (χ4n) is 3.61. The van der Waals surface area contributed by atoms with E-state index >= 15 is 0 Å². The number of methoxy groups -OCH3 is 1. The van der Waals surface area contributed by atoms with Crippen molar-refractivity contribution in [3.8, 4) is 5.75 Å². The average molecular weight is 460 g/mol. The summed E-state index contributed by atoms with van der Waals surface area (Å²) in [6, 6.07) is 20.0. The van der Waals surface area contributed by atoms with Crippen LogP contribution in [0.3, 0.4) is 0 Å². The van der Waals surface area contributed by atoms with E-state index in [4.69, 9.17) is 4.74 Å². The first-order valence-electron chi connectivity index (χ1n) is 10.5. The zero-order chi connectivity index (χ0) is 23.4. The first kappa shape index (κ1) is 22.4. The summed E-state index contributed by atoms with van der Waals surface area (Å²) in [6.45, 7) is 4.72. The summed E-state index contributed by atoms with van der Waals surface area (Å²) in [5.41, 5.74) is 4.41. The Balaban J connectivity index is 1.41. The van der Waals surface area contributed by atoms with Gasteiger partial charge in [0.1, 0.15) is 5.75 Å². The monoisotopic (exact) mass is 459 g/mol. The molecule has 4 rings (SSSR count). The molecule has 0 fully saturated rings. The topological polar surface area (TPSA) is 72.4 Å². The van der Waals surface area contributed by atoms with Crippen molar-refractivity contribution in [2.24, 2.45) is 0 Å². The van der Waals surface area contributed by atoms with Crippen LogP contribution in [0.1, 0.15) is 37.0 Å². The normalized spacial score (nSPS) is 10.6. The van der Waals surface area contributed by atoms with Crippen molar-refractivity contribution in [2.45, 2.75) is 20.4 Å². The van der Waals surface area contributed by atoms with Gasteiger partial charge in [-0.25, -0.2) is 0 Å². The number of nitrogens with one attached hydrogen (secondary N) is 2. The maximum absolute atomic E-state index is 12.9. The molecule has 168 valence electrons. The lowest BCUT2D eigenvalue weighted by Gasteiger charge is -2.10. The molecule has 0 unspecified atom stereocenters. The van der Waals surface area contributed by atoms with Crippen LogP contribution in [-0.4, -0.2) is 23.5 Å². The summed E-state index contributed by atoms with van der Waals surface area (Å²) < 4.78 is 7.27. The van der Waals surface area contributed by atoms with E-state index in [2.05, 4.69) is 26.6 Å². The molecular formula is C26H25N3O3S. The number of hydrogen-bond donors (Lipinski definition) is 2. The molecule has 4 aromatic rings. The molecule has 0 bridgehead atoms. The zero-order valence-corrected chi connectivity index (χ0v) is 19.5. The van der Waals surface area contributed by atoms with Crippen LogP contribution >= 0.6 is 11.3 Å². The second-order valence-electron chi connectivity index (χ2n) is 7.66. The van der Waals surface area contributed by atoms with Gasteiger partial charge in [-0.05, 0) is 79.9 Å². The summed E-state index contributed by atoms with van der Waals surface area (Å²) in [5.74, 6) is 0.325. The lowest BCUT2D eigenvalue weighted by Crippen LogP contribution is -2.14. The number of ether oxygens (including phenoxy) is 1. The van der Waals surface area contributed by atoms with Crippen LogP contribution in [0.25, 0.3) is 0 Å². The molecule has 2 aromatic carbocycles. The van der Waals surface area contributed by atoms with E-state index in [1.807, 2.05) is 26.0 Å². The van der Waals surface area contributed by atoms with E-state index in [-0.39, 0.29) is 11.8 Å². The van der Waals surface area contributed by atoms with Crippen molar-refractivity contribution in [1.82, 2.24) is 4.57 Å². The van der Waals surface area contributed by atoms with Gasteiger partial charge in [0.05, 0.1) is 19.2 Å². The number of carbonyl (C=O) groups excluding carboxylic acids is 2. The molecule has 0 aliphatic rings. The highest BCUT2D eigenvalue weighted by Gasteiger charge is 2.16. The maximum Gasteiger partial charge on any atom is 0.257 e. The molecule has 0 aliphatic carbocycles. The van der Waals surface area contributed by atoms with E-state index in [1.54, 1.807) is 67.0 Å². The summed E-state index contributed by atoms with van der Waals surface area (Å²) >= 11 is 1.70. The Morgan fingerprint density at radius 3 is 2.15 bits per heavy atom. The van der Waals surface area contributed by atoms with Gasteiger partial charge in [-0.2, -0.15) is 0 Å². The number of aromatic nitrogens is 1. The number of anilines is 2. The van der Waals surface area contributed by atoms with E-state index in [9.17, 15) is 9.59 Å². The van der Waals surface area contributed by atoms with Crippen LogP contribution in [0.15, 0.2) is 72.1 Å². The van der Waals surface area contributed by atoms with Crippen molar-refractivity contribution in [3.63, 3.8) is 0 Å². The van der Waals surface area contributed by atoms with Crippen molar-refractivity contribution in [3.05, 3.63) is 99.5 Å². The van der Waals surface area contributed by atoms with E-state index < -0.39 is 0 Å². The van der Waals surface area contributed by atoms with E-state index in [0.717, 1.165) is 23.7 Å². The lowest BCUT2D eigenvalue weighted by atomic mass is 10.1. The van der Waals surface area contributed by atoms with E-state index in [1.165, 1.54) is 4.88 Å². The van der Waals surface area contributed by atoms with Gasteiger partial charge >= 0.3 is 0 Å². The zero-order valence-electron chi connectivity index (χ0n) is 18.7. The summed E-state index contributed by atoms with van der Waals surface area (Å²) in [6.07, 6.45) is 0. The minimum absolute atomic E-state index is 0.170. The second-order valence-corrected chi connectivity index (χ2v) is 8.70. The fourth-order valence-corrected chi connectivity index (χ4v) is 4.31. The van der Waals surface area contributed by atoms with Crippen molar-refractivity contribution in [1.29, 1.82) is 0 Å². The molecule has 2 heterocycles. The minimum Gasteiger partial charge on any atom is -0.497 e. The summed E-state index contributed by atoms with van der Waals surface area (Å²) in [7, 11) is 1.59. The Labute approximate surface area is 196 Å². The van der Waals surface area contributed by atoms with Gasteiger partial charge in [0.25, 0.3) is 11.8 Å². The van der Waals surface area contributed by atoms with Crippen LogP contribution < -0.4 is 15.4 Å². The number of benzene rings is 2. The maximum atomic E-state index is 12.9. The Morgan fingerprint density at radius 1 is 0.909 bits per heavy atom. The Kier molecular flexibility index (Phi) is 6.60. The molecule has 6 nitrogen and oxygen atoms in total. The highest BCUT2D eigenvalue weighted by molar-refractivity contribution is 7.09. The molecule has 0 saturated heterocycles. The summed E-state index contributed by atoms with van der Waals surface area (Å²) in [4.78, 5) is 26.7. The highest BCUT2D eigenvalue weighted by atomic mass is 32.1. The third-order valence-corrected chi connectivity index (χ3v) is 6.33. The van der Waals surface area contributed by atoms with Gasteiger partial charge in [-0.3, -0.25) is 9.59 Å². The van der Waals surface area contributed by atoms with Gasteiger partial charge in [0, 0.05) is 33.2 Å². The number of hydrogen-bond acceptors (Lipinski definition) is 4. The van der Waals surface area contributed by atoms with Gasteiger partial charge < -0.3 is 19.9 Å². The van der Waals surface area contributed by atoms with Gasteiger partial charge in [-0.15, -0.1) is 11.3 Å². The number of aryl methyl sites for hydroxylation is 1. The molecule has 2 N–H and O–H groups in total. The first-order valence-corrected chi connectivity index (χ1v) is 11.4. The number of rotatable bonds is 7. The molecule has 33 heavy (non-hydrogen) atoms. The number of nitrogens with zero attached hydrogens (tertiary/aromatic N) is 1. The quantitative estimate of drug-likeness (QED) is 0.371. The molecule has 0 atom stereocenters. The second kappa shape index (κ2) is 9.75. The highest BCUT2D eigenvalue weighted by Crippen LogP contribution is 2.21. The van der Waals surface area contributed by atoms with Crippen LogP contribution in [0.5, 0.6) is 5.75 Å². The van der Waals surface area contributed by atoms with Crippen molar-refractivity contribution < 1.29 is 14.3 Å². The largest absolute Gasteiger partial charge is 0.497 e. The molecule has 0 spiro atoms. The predicted octanol–water partition coefficient (Wildman–Crippen LogP) is 5.73. The van der Waals surface area contributed by atoms with Crippen LogP contribution in [-0.2, 0) is 6.54 Å². The fraction of sp³-hybridized carbons (Fsp3) is 0.154. The van der Waals surface area contributed by atoms with E-state index in [0.29, 0.717) is 22.5 Å². The first-order chi connectivity index (χ1) is 15.9. The van der Waals surface area contributed by atoms with Gasteiger partial charge in [-0.1, -0.05) is 6.07 Å². The molecule has 2 aromatic heterocycles. The molecule has 0 saturated carbocycles. The molecule has 2 amide bonds.